The maximum absolute atomic E-state index is 4.34. The van der Waals surface area contributed by atoms with Crippen molar-refractivity contribution in [1.29, 1.82) is 0 Å². The van der Waals surface area contributed by atoms with Crippen LogP contribution in [-0.2, 0) is 13.6 Å². The maximum atomic E-state index is 4.34. The predicted octanol–water partition coefficient (Wildman–Crippen LogP) is 1.71. The van der Waals surface area contributed by atoms with Gasteiger partial charge in [0, 0.05) is 25.4 Å². The van der Waals surface area contributed by atoms with Crippen molar-refractivity contribution in [2.45, 2.75) is 19.5 Å². The fraction of sp³-hybridized carbons (Fsp3) is 0.455. The molecule has 92 valence electrons. The molecule has 0 amide bonds. The minimum atomic E-state index is 0.0977. The summed E-state index contributed by atoms with van der Waals surface area (Å²) in [6, 6.07) is 0.0977. The first-order valence-corrected chi connectivity index (χ1v) is 6.33. The second kappa shape index (κ2) is 5.01. The minimum absolute atomic E-state index is 0.0977. The molecule has 1 N–H and O–H groups in total. The summed E-state index contributed by atoms with van der Waals surface area (Å²) in [6.07, 6.45) is 5.72. The zero-order valence-corrected chi connectivity index (χ0v) is 11.8. The molecule has 0 aliphatic carbocycles. The minimum Gasteiger partial charge on any atom is -0.308 e. The molecule has 6 heteroatoms. The molecule has 2 rings (SSSR count). The third-order valence-corrected chi connectivity index (χ3v) is 3.36. The third kappa shape index (κ3) is 2.28. The monoisotopic (exact) mass is 297 g/mol. The number of nitrogens with one attached hydrogen (secondary N) is 1. The summed E-state index contributed by atoms with van der Waals surface area (Å²) in [6.45, 7) is 2.93. The van der Waals surface area contributed by atoms with Gasteiger partial charge in [-0.2, -0.15) is 10.2 Å². The van der Waals surface area contributed by atoms with E-state index in [4.69, 9.17) is 0 Å². The summed E-state index contributed by atoms with van der Waals surface area (Å²) < 4.78 is 4.81. The summed E-state index contributed by atoms with van der Waals surface area (Å²) in [7, 11) is 3.86. The first-order chi connectivity index (χ1) is 8.17. The quantitative estimate of drug-likeness (QED) is 0.935. The first kappa shape index (κ1) is 12.3. The van der Waals surface area contributed by atoms with Crippen molar-refractivity contribution in [2.24, 2.45) is 7.05 Å². The highest BCUT2D eigenvalue weighted by Gasteiger charge is 2.20. The van der Waals surface area contributed by atoms with Gasteiger partial charge < -0.3 is 5.32 Å². The average Bonchev–Trinajstić information content (AvgIpc) is 2.89. The van der Waals surface area contributed by atoms with Crippen LogP contribution in [0.1, 0.15) is 24.2 Å². The van der Waals surface area contributed by atoms with E-state index in [2.05, 4.69) is 38.4 Å². The van der Waals surface area contributed by atoms with Gasteiger partial charge in [-0.05, 0) is 29.9 Å². The molecule has 0 saturated heterocycles. The lowest BCUT2D eigenvalue weighted by Gasteiger charge is -2.16. The third-order valence-electron chi connectivity index (χ3n) is 2.75. The fourth-order valence-corrected chi connectivity index (χ4v) is 2.49. The second-order valence-electron chi connectivity index (χ2n) is 3.86. The van der Waals surface area contributed by atoms with Crippen LogP contribution in [0.3, 0.4) is 0 Å². The van der Waals surface area contributed by atoms with Crippen LogP contribution < -0.4 is 5.32 Å². The number of aryl methyl sites for hydroxylation is 2. The normalized spacial score (nSPS) is 12.9. The van der Waals surface area contributed by atoms with E-state index >= 15 is 0 Å². The Morgan fingerprint density at radius 2 is 2.18 bits per heavy atom. The van der Waals surface area contributed by atoms with Gasteiger partial charge in [0.1, 0.15) is 0 Å². The topological polar surface area (TPSA) is 47.7 Å². The molecule has 0 aromatic carbocycles. The fourth-order valence-electron chi connectivity index (χ4n) is 1.96. The number of hydrogen-bond acceptors (Lipinski definition) is 3. The summed E-state index contributed by atoms with van der Waals surface area (Å²) in [5.41, 5.74) is 2.26. The predicted molar refractivity (Wildman–Crippen MR) is 69.7 cm³/mol. The van der Waals surface area contributed by atoms with Crippen LogP contribution in [-0.4, -0.2) is 26.6 Å². The van der Waals surface area contributed by atoms with E-state index in [1.54, 1.807) is 4.68 Å². The molecule has 0 saturated carbocycles. The molecule has 17 heavy (non-hydrogen) atoms. The molecule has 2 aromatic heterocycles. The van der Waals surface area contributed by atoms with Crippen LogP contribution in [0.5, 0.6) is 0 Å². The van der Waals surface area contributed by atoms with Gasteiger partial charge in [0.2, 0.25) is 0 Å². The molecule has 0 spiro atoms. The number of aromatic nitrogens is 4. The zero-order chi connectivity index (χ0) is 12.4. The molecule has 0 radical (unpaired) electrons. The molecular formula is C11H16BrN5. The smallest absolute Gasteiger partial charge is 0.0788 e. The molecule has 2 aromatic rings. The van der Waals surface area contributed by atoms with Gasteiger partial charge >= 0.3 is 0 Å². The van der Waals surface area contributed by atoms with Crippen molar-refractivity contribution in [3.8, 4) is 0 Å². The van der Waals surface area contributed by atoms with Crippen LogP contribution in [0.2, 0.25) is 0 Å². The van der Waals surface area contributed by atoms with E-state index in [1.165, 1.54) is 0 Å². The average molecular weight is 298 g/mol. The Bertz CT molecular complexity index is 502. The highest BCUT2D eigenvalue weighted by atomic mass is 79.9. The summed E-state index contributed by atoms with van der Waals surface area (Å²) in [4.78, 5) is 0. The number of hydrogen-bond donors (Lipinski definition) is 1. The van der Waals surface area contributed by atoms with E-state index in [0.717, 1.165) is 22.3 Å². The lowest BCUT2D eigenvalue weighted by Crippen LogP contribution is -2.21. The van der Waals surface area contributed by atoms with Crippen molar-refractivity contribution in [3.63, 3.8) is 0 Å². The Kier molecular flexibility index (Phi) is 3.63. The first-order valence-electron chi connectivity index (χ1n) is 5.54. The molecule has 0 aliphatic rings. The Morgan fingerprint density at radius 3 is 2.71 bits per heavy atom. The standard InChI is InChI=1S/C11H16BrN5/c1-4-17-11(9(12)6-15-17)10(13-2)8-5-14-16(3)7-8/h5-7,10,13H,4H2,1-3H3. The van der Waals surface area contributed by atoms with Gasteiger partial charge in [-0.25, -0.2) is 0 Å². The number of rotatable bonds is 4. The lowest BCUT2D eigenvalue weighted by molar-refractivity contribution is 0.561. The van der Waals surface area contributed by atoms with Crippen LogP contribution in [0.15, 0.2) is 23.1 Å². The molecule has 1 atom stereocenters. The van der Waals surface area contributed by atoms with Crippen molar-refractivity contribution in [3.05, 3.63) is 34.3 Å². The zero-order valence-electron chi connectivity index (χ0n) is 10.2. The van der Waals surface area contributed by atoms with Gasteiger partial charge in [0.15, 0.2) is 0 Å². The van der Waals surface area contributed by atoms with Gasteiger partial charge in [0.25, 0.3) is 0 Å². The molecule has 0 fully saturated rings. The van der Waals surface area contributed by atoms with Crippen LogP contribution >= 0.6 is 15.9 Å². The van der Waals surface area contributed by atoms with E-state index in [0.29, 0.717) is 0 Å². The molecule has 1 unspecified atom stereocenters. The SMILES string of the molecule is CCn1ncc(Br)c1C(NC)c1cnn(C)c1. The Labute approximate surface area is 109 Å². The van der Waals surface area contributed by atoms with Crippen molar-refractivity contribution >= 4 is 15.9 Å². The number of nitrogens with zero attached hydrogens (tertiary/aromatic N) is 4. The van der Waals surface area contributed by atoms with Crippen molar-refractivity contribution in [2.75, 3.05) is 7.05 Å². The molecule has 5 nitrogen and oxygen atoms in total. The largest absolute Gasteiger partial charge is 0.308 e. The van der Waals surface area contributed by atoms with Gasteiger partial charge in [-0.15, -0.1) is 0 Å². The number of halogens is 1. The van der Waals surface area contributed by atoms with Gasteiger partial charge in [-0.1, -0.05) is 0 Å². The van der Waals surface area contributed by atoms with E-state index < -0.39 is 0 Å². The van der Waals surface area contributed by atoms with E-state index in [-0.39, 0.29) is 6.04 Å². The van der Waals surface area contributed by atoms with Gasteiger partial charge in [-0.3, -0.25) is 9.36 Å². The summed E-state index contributed by atoms with van der Waals surface area (Å²) in [5, 5.41) is 11.9. The lowest BCUT2D eigenvalue weighted by atomic mass is 10.1. The Morgan fingerprint density at radius 1 is 1.41 bits per heavy atom. The van der Waals surface area contributed by atoms with Crippen molar-refractivity contribution in [1.82, 2.24) is 24.9 Å². The van der Waals surface area contributed by atoms with Crippen molar-refractivity contribution < 1.29 is 0 Å². The molecule has 0 aliphatic heterocycles. The molecule has 2 heterocycles. The molecular weight excluding hydrogens is 282 g/mol. The summed E-state index contributed by atoms with van der Waals surface area (Å²) in [5.74, 6) is 0. The van der Waals surface area contributed by atoms with Crippen LogP contribution in [0.4, 0.5) is 0 Å². The highest BCUT2D eigenvalue weighted by molar-refractivity contribution is 9.10. The highest BCUT2D eigenvalue weighted by Crippen LogP contribution is 2.27. The second-order valence-corrected chi connectivity index (χ2v) is 4.72. The Hall–Kier alpha value is -1.14. The molecule has 0 bridgehead atoms. The van der Waals surface area contributed by atoms with Crippen LogP contribution in [0.25, 0.3) is 0 Å². The van der Waals surface area contributed by atoms with Gasteiger partial charge in [0.05, 0.1) is 28.6 Å². The maximum Gasteiger partial charge on any atom is 0.0788 e. The van der Waals surface area contributed by atoms with E-state index in [9.17, 15) is 0 Å². The van der Waals surface area contributed by atoms with E-state index in [1.807, 2.05) is 37.4 Å². The van der Waals surface area contributed by atoms with Crippen LogP contribution in [0, 0.1) is 0 Å². The Balaban J connectivity index is 2.44. The summed E-state index contributed by atoms with van der Waals surface area (Å²) >= 11 is 3.55.